The zero-order valence-corrected chi connectivity index (χ0v) is 11.8. The maximum Gasteiger partial charge on any atom is 0.332 e. The Labute approximate surface area is 120 Å². The fourth-order valence-electron chi connectivity index (χ4n) is 1.52. The summed E-state index contributed by atoms with van der Waals surface area (Å²) >= 11 is 0. The summed E-state index contributed by atoms with van der Waals surface area (Å²) in [5.74, 6) is -1.46. The Morgan fingerprint density at radius 2 is 2.10 bits per heavy atom. The average molecular weight is 318 g/mol. The van der Waals surface area contributed by atoms with Gasteiger partial charge < -0.3 is 10.2 Å². The van der Waals surface area contributed by atoms with E-state index in [1.165, 1.54) is 19.1 Å². The first-order valence-electron chi connectivity index (χ1n) is 5.80. The van der Waals surface area contributed by atoms with E-state index in [2.05, 4.69) is 4.72 Å². The molecule has 0 aliphatic rings. The number of rotatable bonds is 7. The predicted molar refractivity (Wildman–Crippen MR) is 71.3 cm³/mol. The zero-order chi connectivity index (χ0) is 16.2. The van der Waals surface area contributed by atoms with Crippen molar-refractivity contribution in [3.05, 3.63) is 33.9 Å². The van der Waals surface area contributed by atoms with E-state index in [-0.39, 0.29) is 23.5 Å². The number of nitro groups is 1. The van der Waals surface area contributed by atoms with Gasteiger partial charge in [0.1, 0.15) is 0 Å². The summed E-state index contributed by atoms with van der Waals surface area (Å²) in [6.45, 7) is 1.17. The van der Waals surface area contributed by atoms with Gasteiger partial charge >= 0.3 is 5.97 Å². The van der Waals surface area contributed by atoms with Gasteiger partial charge in [-0.3, -0.25) is 10.1 Å². The third-order valence-electron chi connectivity index (χ3n) is 2.67. The Morgan fingerprint density at radius 3 is 2.62 bits per heavy atom. The van der Waals surface area contributed by atoms with Gasteiger partial charge in [0.05, 0.1) is 9.82 Å². The predicted octanol–water partition coefficient (Wildman–Crippen LogP) is 0.0171. The molecule has 0 fully saturated rings. The summed E-state index contributed by atoms with van der Waals surface area (Å²) in [6, 6.07) is 3.41. The lowest BCUT2D eigenvalue weighted by Crippen LogP contribution is -2.30. The Hall–Kier alpha value is -2.04. The van der Waals surface area contributed by atoms with Gasteiger partial charge in [-0.25, -0.2) is 17.9 Å². The topological polar surface area (TPSA) is 147 Å². The van der Waals surface area contributed by atoms with Crippen LogP contribution in [0.2, 0.25) is 0 Å². The van der Waals surface area contributed by atoms with E-state index < -0.39 is 27.0 Å². The van der Waals surface area contributed by atoms with Crippen LogP contribution in [0.25, 0.3) is 0 Å². The van der Waals surface area contributed by atoms with Crippen LogP contribution in [0.1, 0.15) is 12.0 Å². The van der Waals surface area contributed by atoms with Crippen LogP contribution in [0.5, 0.6) is 0 Å². The summed E-state index contributed by atoms with van der Waals surface area (Å²) in [7, 11) is -4.03. The molecular weight excluding hydrogens is 304 g/mol. The molecule has 9 nitrogen and oxygen atoms in total. The van der Waals surface area contributed by atoms with Crippen LogP contribution in [0.15, 0.2) is 23.1 Å². The van der Waals surface area contributed by atoms with Crippen molar-refractivity contribution in [3.63, 3.8) is 0 Å². The monoisotopic (exact) mass is 318 g/mol. The molecule has 0 aliphatic heterocycles. The number of hydrogen-bond acceptors (Lipinski definition) is 6. The molecular formula is C11H14N2O7S. The van der Waals surface area contributed by atoms with Crippen molar-refractivity contribution in [2.75, 3.05) is 6.54 Å². The Bertz CT molecular complexity index is 657. The standard InChI is InChI=1S/C11H14N2O7S/c1-7-2-3-8(13(17)18)6-10(7)21(19,20)12-5-4-9(14)11(15)16/h2-3,6,9,12,14H,4-5H2,1H3,(H,15,16). The number of aliphatic carboxylic acids is 1. The largest absolute Gasteiger partial charge is 0.479 e. The van der Waals surface area contributed by atoms with E-state index in [9.17, 15) is 23.3 Å². The van der Waals surface area contributed by atoms with Gasteiger partial charge in [-0.15, -0.1) is 0 Å². The zero-order valence-electron chi connectivity index (χ0n) is 11.0. The van der Waals surface area contributed by atoms with E-state index in [1.54, 1.807) is 0 Å². The lowest BCUT2D eigenvalue weighted by molar-refractivity contribution is -0.385. The number of nitrogens with one attached hydrogen (secondary N) is 1. The first-order valence-corrected chi connectivity index (χ1v) is 7.29. The van der Waals surface area contributed by atoms with Gasteiger partial charge in [-0.2, -0.15) is 0 Å². The average Bonchev–Trinajstić information content (AvgIpc) is 2.38. The van der Waals surface area contributed by atoms with Gasteiger partial charge in [0.25, 0.3) is 5.69 Å². The maximum atomic E-state index is 12.0. The second-order valence-corrected chi connectivity index (χ2v) is 5.98. The normalized spacial score (nSPS) is 12.9. The van der Waals surface area contributed by atoms with Crippen LogP contribution in [-0.4, -0.2) is 42.2 Å². The maximum absolute atomic E-state index is 12.0. The molecule has 0 amide bonds. The Kier molecular flexibility index (Phi) is 5.35. The van der Waals surface area contributed by atoms with Gasteiger partial charge in [0.2, 0.25) is 10.0 Å². The second-order valence-electron chi connectivity index (χ2n) is 4.25. The molecule has 0 saturated carbocycles. The van der Waals surface area contributed by atoms with E-state index >= 15 is 0 Å². The smallest absolute Gasteiger partial charge is 0.332 e. The fraction of sp³-hybridized carbons (Fsp3) is 0.364. The molecule has 1 rings (SSSR count). The number of aliphatic hydroxyl groups is 1. The molecule has 1 atom stereocenters. The van der Waals surface area contributed by atoms with E-state index in [4.69, 9.17) is 10.2 Å². The summed E-state index contributed by atoms with van der Waals surface area (Å²) in [4.78, 5) is 20.1. The molecule has 21 heavy (non-hydrogen) atoms. The molecule has 1 aromatic rings. The van der Waals surface area contributed by atoms with Crippen LogP contribution in [0.4, 0.5) is 5.69 Å². The van der Waals surface area contributed by atoms with E-state index in [0.717, 1.165) is 6.07 Å². The molecule has 1 unspecified atom stereocenters. The van der Waals surface area contributed by atoms with Crippen molar-refractivity contribution in [2.24, 2.45) is 0 Å². The highest BCUT2D eigenvalue weighted by Crippen LogP contribution is 2.21. The summed E-state index contributed by atoms with van der Waals surface area (Å²) in [6.07, 6.45) is -2.00. The lowest BCUT2D eigenvalue weighted by Gasteiger charge is -2.10. The first-order chi connectivity index (χ1) is 9.65. The first kappa shape index (κ1) is 17.0. The molecule has 3 N–H and O–H groups in total. The lowest BCUT2D eigenvalue weighted by atomic mass is 10.2. The number of carbonyl (C=O) groups is 1. The molecule has 0 bridgehead atoms. The van der Waals surface area contributed by atoms with Crippen molar-refractivity contribution in [1.82, 2.24) is 4.72 Å². The number of aryl methyl sites for hydroxylation is 1. The molecule has 1 aromatic carbocycles. The van der Waals surface area contributed by atoms with E-state index in [1.807, 2.05) is 0 Å². The molecule has 0 heterocycles. The van der Waals surface area contributed by atoms with Crippen molar-refractivity contribution in [1.29, 1.82) is 0 Å². The molecule has 0 aliphatic carbocycles. The van der Waals surface area contributed by atoms with Crippen LogP contribution in [-0.2, 0) is 14.8 Å². The molecule has 0 spiro atoms. The van der Waals surface area contributed by atoms with Crippen LogP contribution < -0.4 is 4.72 Å². The summed E-state index contributed by atoms with van der Waals surface area (Å²) in [5, 5.41) is 28.2. The van der Waals surface area contributed by atoms with Crippen LogP contribution in [0.3, 0.4) is 0 Å². The number of nitro benzene ring substituents is 1. The second kappa shape index (κ2) is 6.61. The van der Waals surface area contributed by atoms with Gasteiger partial charge in [0.15, 0.2) is 6.10 Å². The molecule has 0 radical (unpaired) electrons. The number of nitrogens with zero attached hydrogens (tertiary/aromatic N) is 1. The van der Waals surface area contributed by atoms with Crippen molar-refractivity contribution in [3.8, 4) is 0 Å². The molecule has 0 aromatic heterocycles. The Morgan fingerprint density at radius 1 is 1.48 bits per heavy atom. The summed E-state index contributed by atoms with van der Waals surface area (Å²) in [5.41, 5.74) is -0.0570. The van der Waals surface area contributed by atoms with Gasteiger partial charge in [0, 0.05) is 18.7 Å². The molecule has 10 heteroatoms. The number of carboxylic acid groups (broad SMARTS) is 1. The summed E-state index contributed by atoms with van der Waals surface area (Å²) < 4.78 is 26.1. The molecule has 116 valence electrons. The quantitative estimate of drug-likeness (QED) is 0.474. The highest BCUT2D eigenvalue weighted by Gasteiger charge is 2.21. The third-order valence-corrected chi connectivity index (χ3v) is 4.27. The Balaban J connectivity index is 2.90. The number of non-ortho nitro benzene ring substituents is 1. The number of sulfonamides is 1. The minimum atomic E-state index is -4.03. The van der Waals surface area contributed by atoms with Crippen LogP contribution in [0, 0.1) is 17.0 Å². The molecule has 0 saturated heterocycles. The van der Waals surface area contributed by atoms with Crippen LogP contribution >= 0.6 is 0 Å². The van der Waals surface area contributed by atoms with Crippen molar-refractivity contribution < 1.29 is 28.3 Å². The minimum absolute atomic E-state index is 0.262. The highest BCUT2D eigenvalue weighted by atomic mass is 32.2. The van der Waals surface area contributed by atoms with Gasteiger partial charge in [-0.05, 0) is 18.9 Å². The minimum Gasteiger partial charge on any atom is -0.479 e. The van der Waals surface area contributed by atoms with E-state index in [0.29, 0.717) is 5.56 Å². The fourth-order valence-corrected chi connectivity index (χ4v) is 2.83. The van der Waals surface area contributed by atoms with Crippen molar-refractivity contribution >= 4 is 21.7 Å². The van der Waals surface area contributed by atoms with Gasteiger partial charge in [-0.1, -0.05) is 6.07 Å². The highest BCUT2D eigenvalue weighted by molar-refractivity contribution is 7.89. The SMILES string of the molecule is Cc1ccc([N+](=O)[O-])cc1S(=O)(=O)NCCC(O)C(=O)O. The third kappa shape index (κ3) is 4.48. The number of hydrogen-bond donors (Lipinski definition) is 3. The number of carboxylic acids is 1. The van der Waals surface area contributed by atoms with Crippen molar-refractivity contribution in [2.45, 2.75) is 24.3 Å². The number of aliphatic hydroxyl groups excluding tert-OH is 1. The number of benzene rings is 1.